The average Bonchev–Trinajstić information content (AvgIpc) is 2.11. The van der Waals surface area contributed by atoms with Crippen molar-refractivity contribution in [3.05, 3.63) is 0 Å². The second-order valence-electron chi connectivity index (χ2n) is 4.12. The highest BCUT2D eigenvalue weighted by molar-refractivity contribution is 7.98. The first-order chi connectivity index (χ1) is 6.83. The first-order valence-corrected chi connectivity index (χ1v) is 6.21. The first kappa shape index (κ1) is 17.1. The fraction of sp³-hybridized carbons (Fsp3) is 0.900. The van der Waals surface area contributed by atoms with Crippen molar-refractivity contribution >= 4 is 17.7 Å². The Hall–Kier alpha value is -0.260. The van der Waals surface area contributed by atoms with Gasteiger partial charge in [0.25, 0.3) is 0 Å². The van der Waals surface area contributed by atoms with Crippen LogP contribution in [0.25, 0.3) is 0 Å². The van der Waals surface area contributed by atoms with Crippen LogP contribution in [0.2, 0.25) is 0 Å². The predicted octanol–water partition coefficient (Wildman–Crippen LogP) is -0.172. The van der Waals surface area contributed by atoms with Gasteiger partial charge in [-0.2, -0.15) is 11.8 Å². The number of ether oxygens (including phenoxy) is 1. The van der Waals surface area contributed by atoms with Gasteiger partial charge in [-0.15, -0.1) is 0 Å². The fourth-order valence-corrected chi connectivity index (χ4v) is 0.921. The van der Waals surface area contributed by atoms with Crippen LogP contribution in [0.3, 0.4) is 0 Å². The number of carboxylic acid groups (broad SMARTS) is 1. The summed E-state index contributed by atoms with van der Waals surface area (Å²) in [5, 5.41) is 9.63. The van der Waals surface area contributed by atoms with Crippen LogP contribution in [-0.2, 0) is 9.53 Å². The number of hydrogen-bond acceptors (Lipinski definition) is 4. The lowest BCUT2D eigenvalue weighted by molar-refractivity contribution is -0.870. The number of carbonyl (C=O) groups excluding carboxylic acids is 1. The first-order valence-electron chi connectivity index (χ1n) is 4.81. The molecule has 0 amide bonds. The number of thioether (sulfide) groups is 1. The van der Waals surface area contributed by atoms with Crippen LogP contribution in [0.4, 0.5) is 0 Å². The summed E-state index contributed by atoms with van der Waals surface area (Å²) in [6.07, 6.45) is 2.03. The lowest BCUT2D eigenvalue weighted by Gasteiger charge is -2.22. The second kappa shape index (κ2) is 10.3. The van der Waals surface area contributed by atoms with Crippen LogP contribution in [0.1, 0.15) is 6.42 Å². The number of quaternary nitrogens is 1. The van der Waals surface area contributed by atoms with E-state index in [1.54, 1.807) is 7.11 Å². The van der Waals surface area contributed by atoms with Gasteiger partial charge in [0.2, 0.25) is 0 Å². The van der Waals surface area contributed by atoms with Gasteiger partial charge in [0.1, 0.15) is 6.54 Å². The monoisotopic (exact) mass is 237 g/mol. The van der Waals surface area contributed by atoms with E-state index >= 15 is 0 Å². The Labute approximate surface area is 97.2 Å². The molecule has 92 valence electrons. The normalized spacial score (nSPS) is 10.5. The van der Waals surface area contributed by atoms with Crippen LogP contribution in [0.15, 0.2) is 0 Å². The third-order valence-corrected chi connectivity index (χ3v) is 2.09. The van der Waals surface area contributed by atoms with E-state index in [0.29, 0.717) is 5.75 Å². The van der Waals surface area contributed by atoms with Gasteiger partial charge in [0.05, 0.1) is 27.7 Å². The molecule has 0 rings (SSSR count). The van der Waals surface area contributed by atoms with Crippen LogP contribution in [0.5, 0.6) is 0 Å². The number of likely N-dealkylation sites (N-methyl/N-ethyl adjacent to an activating group) is 1. The summed E-state index contributed by atoms with van der Waals surface area (Å²) >= 11 is 1.51. The van der Waals surface area contributed by atoms with Crippen molar-refractivity contribution in [1.82, 2.24) is 0 Å². The standard InChI is InChI=1S/C6H16NO.C4H8O2S/c1-7(2,3)5-6-8-4;1-7-3-2-4(5)6/h5-6H2,1-4H3;2-3H2,1H3,(H,5,6)/q+1;/p-1. The fourth-order valence-electron chi connectivity index (χ4n) is 0.551. The number of nitrogens with zero attached hydrogens (tertiary/aromatic N) is 1. The zero-order valence-electron chi connectivity index (χ0n) is 10.4. The molecule has 5 heteroatoms. The van der Waals surface area contributed by atoms with E-state index in [9.17, 15) is 9.90 Å². The van der Waals surface area contributed by atoms with E-state index in [0.717, 1.165) is 17.6 Å². The van der Waals surface area contributed by atoms with E-state index in [4.69, 9.17) is 4.74 Å². The number of aliphatic carboxylic acids is 1. The highest BCUT2D eigenvalue weighted by Crippen LogP contribution is 1.92. The van der Waals surface area contributed by atoms with Gasteiger partial charge >= 0.3 is 0 Å². The highest BCUT2D eigenvalue weighted by Gasteiger charge is 2.03. The van der Waals surface area contributed by atoms with Crippen LogP contribution < -0.4 is 5.11 Å². The molecule has 0 bridgehead atoms. The molecule has 0 spiro atoms. The van der Waals surface area contributed by atoms with E-state index in [1.165, 1.54) is 11.8 Å². The van der Waals surface area contributed by atoms with Gasteiger partial charge in [-0.1, -0.05) is 0 Å². The largest absolute Gasteiger partial charge is 0.550 e. The van der Waals surface area contributed by atoms with Gasteiger partial charge in [0, 0.05) is 13.1 Å². The molecular weight excluding hydrogens is 214 g/mol. The number of carboxylic acids is 1. The molecule has 0 aromatic heterocycles. The highest BCUT2D eigenvalue weighted by atomic mass is 32.2. The van der Waals surface area contributed by atoms with Gasteiger partial charge < -0.3 is 19.1 Å². The number of rotatable bonds is 6. The van der Waals surface area contributed by atoms with Gasteiger partial charge in [-0.05, 0) is 18.4 Å². The van der Waals surface area contributed by atoms with Crippen LogP contribution in [-0.4, -0.2) is 63.9 Å². The Bertz CT molecular complexity index is 157. The van der Waals surface area contributed by atoms with Gasteiger partial charge in [-0.25, -0.2) is 0 Å². The van der Waals surface area contributed by atoms with Gasteiger partial charge in [-0.3, -0.25) is 0 Å². The third kappa shape index (κ3) is 24.8. The summed E-state index contributed by atoms with van der Waals surface area (Å²) in [4.78, 5) is 9.63. The molecule has 0 fully saturated rings. The maximum Gasteiger partial charge on any atom is 0.102 e. The van der Waals surface area contributed by atoms with Crippen molar-refractivity contribution < 1.29 is 19.1 Å². The molecule has 0 aromatic rings. The molecule has 0 aromatic carbocycles. The molecule has 0 aliphatic carbocycles. The van der Waals surface area contributed by atoms with Crippen molar-refractivity contribution in [2.45, 2.75) is 6.42 Å². The van der Waals surface area contributed by atoms with Crippen molar-refractivity contribution in [3.8, 4) is 0 Å². The van der Waals surface area contributed by atoms with Crippen molar-refractivity contribution in [2.24, 2.45) is 0 Å². The van der Waals surface area contributed by atoms with Crippen molar-refractivity contribution in [1.29, 1.82) is 0 Å². The maximum atomic E-state index is 9.63. The minimum atomic E-state index is -0.964. The minimum Gasteiger partial charge on any atom is -0.550 e. The summed E-state index contributed by atoms with van der Waals surface area (Å²) < 4.78 is 5.88. The smallest absolute Gasteiger partial charge is 0.102 e. The molecule has 0 saturated carbocycles. The molecule has 0 atom stereocenters. The molecule has 0 heterocycles. The van der Waals surface area contributed by atoms with E-state index in [2.05, 4.69) is 21.1 Å². The summed E-state index contributed by atoms with van der Waals surface area (Å²) in [5.41, 5.74) is 0. The summed E-state index contributed by atoms with van der Waals surface area (Å²) in [6, 6.07) is 0. The maximum absolute atomic E-state index is 9.63. The van der Waals surface area contributed by atoms with E-state index in [-0.39, 0.29) is 6.42 Å². The number of methoxy groups -OCH3 is 1. The van der Waals surface area contributed by atoms with Crippen LogP contribution in [0, 0.1) is 0 Å². The lowest BCUT2D eigenvalue weighted by Crippen LogP contribution is -2.37. The second-order valence-corrected chi connectivity index (χ2v) is 5.11. The summed E-state index contributed by atoms with van der Waals surface area (Å²) in [7, 11) is 8.19. The summed E-state index contributed by atoms with van der Waals surface area (Å²) in [5.74, 6) is -0.308. The summed E-state index contributed by atoms with van der Waals surface area (Å²) in [6.45, 7) is 1.93. The van der Waals surface area contributed by atoms with Crippen molar-refractivity contribution in [3.63, 3.8) is 0 Å². The molecular formula is C10H23NO3S. The molecule has 0 unspecified atom stereocenters. The molecule has 0 aliphatic rings. The molecule has 0 aliphatic heterocycles. The lowest BCUT2D eigenvalue weighted by atomic mass is 10.5. The molecule has 0 radical (unpaired) electrons. The zero-order valence-corrected chi connectivity index (χ0v) is 11.2. The molecule has 4 nitrogen and oxygen atoms in total. The van der Waals surface area contributed by atoms with E-state index in [1.807, 2.05) is 6.26 Å². The predicted molar refractivity (Wildman–Crippen MR) is 62.8 cm³/mol. The molecule has 0 N–H and O–H groups in total. The third-order valence-electron chi connectivity index (χ3n) is 1.48. The average molecular weight is 237 g/mol. The Morgan fingerprint density at radius 1 is 1.40 bits per heavy atom. The van der Waals surface area contributed by atoms with Crippen molar-refractivity contribution in [2.75, 3.05) is 53.4 Å². The number of hydrogen-bond donors (Lipinski definition) is 0. The molecule has 15 heavy (non-hydrogen) atoms. The SMILES string of the molecule is COCC[N+](C)(C)C.CSCCC(=O)[O-]. The van der Waals surface area contributed by atoms with E-state index < -0.39 is 5.97 Å². The zero-order chi connectivity index (χ0) is 12.3. The Kier molecular flexibility index (Phi) is 11.7. The van der Waals surface area contributed by atoms with Gasteiger partial charge in [0.15, 0.2) is 0 Å². The minimum absolute atomic E-state index is 0.168. The Balaban J connectivity index is 0. The topological polar surface area (TPSA) is 49.4 Å². The Morgan fingerprint density at radius 3 is 2.07 bits per heavy atom. The quantitative estimate of drug-likeness (QED) is 0.602. The molecule has 0 saturated heterocycles. The van der Waals surface area contributed by atoms with Crippen LogP contribution >= 0.6 is 11.8 Å². The number of carbonyl (C=O) groups is 1. The Morgan fingerprint density at radius 2 is 1.93 bits per heavy atom.